The number of carboxylic acid groups (broad SMARTS) is 1. The van der Waals surface area contributed by atoms with Gasteiger partial charge in [0, 0.05) is 18.0 Å². The van der Waals surface area contributed by atoms with Crippen molar-refractivity contribution in [3.63, 3.8) is 0 Å². The highest BCUT2D eigenvalue weighted by molar-refractivity contribution is 5.87. The molecule has 0 radical (unpaired) electrons. The number of carbonyl (C=O) groups is 1. The summed E-state index contributed by atoms with van der Waals surface area (Å²) in [5.41, 5.74) is 0.407. The number of nitrogens with zero attached hydrogens (tertiary/aromatic N) is 2. The molecule has 6 heteroatoms. The van der Waals surface area contributed by atoms with Crippen molar-refractivity contribution in [2.24, 2.45) is 0 Å². The van der Waals surface area contributed by atoms with Crippen LogP contribution in [0.5, 0.6) is 0 Å². The predicted octanol–water partition coefficient (Wildman–Crippen LogP) is 1.44. The first kappa shape index (κ1) is 12.9. The fraction of sp³-hybridized carbons (Fsp3) is 0.154. The minimum Gasteiger partial charge on any atom is -0.478 e. The van der Waals surface area contributed by atoms with E-state index in [1.165, 1.54) is 22.9 Å². The Bertz CT molecular complexity index is 695. The summed E-state index contributed by atoms with van der Waals surface area (Å²) in [7, 11) is 0. The van der Waals surface area contributed by atoms with E-state index in [1.807, 2.05) is 0 Å². The molecular formula is C13H11FN2O3. The molecule has 2 rings (SSSR count). The van der Waals surface area contributed by atoms with Crippen molar-refractivity contribution in [1.82, 2.24) is 9.55 Å². The second kappa shape index (κ2) is 5.01. The lowest BCUT2D eigenvalue weighted by molar-refractivity contribution is 0.0696. The Morgan fingerprint density at radius 3 is 2.84 bits per heavy atom. The molecule has 98 valence electrons. The molecule has 0 aliphatic rings. The van der Waals surface area contributed by atoms with Crippen molar-refractivity contribution in [1.29, 1.82) is 0 Å². The third-order valence-corrected chi connectivity index (χ3v) is 2.62. The van der Waals surface area contributed by atoms with Crippen LogP contribution in [-0.2, 0) is 6.54 Å². The van der Waals surface area contributed by atoms with Crippen molar-refractivity contribution < 1.29 is 14.3 Å². The summed E-state index contributed by atoms with van der Waals surface area (Å²) in [6, 6.07) is 3.59. The monoisotopic (exact) mass is 262 g/mol. The largest absolute Gasteiger partial charge is 0.478 e. The summed E-state index contributed by atoms with van der Waals surface area (Å²) in [6.07, 6.45) is 3.00. The molecule has 0 saturated heterocycles. The maximum atomic E-state index is 13.7. The first-order valence-corrected chi connectivity index (χ1v) is 5.52. The SMILES string of the molecule is Cc1cnc(=O)n(Cc2ccc(C(=O)O)cc2F)c1. The number of aryl methyl sites for hydroxylation is 1. The van der Waals surface area contributed by atoms with E-state index in [0.717, 1.165) is 11.6 Å². The number of halogens is 1. The summed E-state index contributed by atoms with van der Waals surface area (Å²) < 4.78 is 15.0. The fourth-order valence-electron chi connectivity index (χ4n) is 1.67. The van der Waals surface area contributed by atoms with Gasteiger partial charge in [0.15, 0.2) is 0 Å². The number of rotatable bonds is 3. The van der Waals surface area contributed by atoms with E-state index in [0.29, 0.717) is 0 Å². The lowest BCUT2D eigenvalue weighted by Gasteiger charge is -2.07. The summed E-state index contributed by atoms with van der Waals surface area (Å²) in [4.78, 5) is 25.8. The van der Waals surface area contributed by atoms with Gasteiger partial charge in [-0.05, 0) is 24.6 Å². The van der Waals surface area contributed by atoms with Crippen LogP contribution in [-0.4, -0.2) is 20.6 Å². The Hall–Kier alpha value is -2.50. The first-order chi connectivity index (χ1) is 8.97. The van der Waals surface area contributed by atoms with Crippen molar-refractivity contribution >= 4 is 5.97 Å². The van der Waals surface area contributed by atoms with Crippen molar-refractivity contribution in [2.45, 2.75) is 13.5 Å². The third kappa shape index (κ3) is 2.85. The molecule has 0 bridgehead atoms. The normalized spacial score (nSPS) is 10.4. The van der Waals surface area contributed by atoms with Crippen LogP contribution >= 0.6 is 0 Å². The molecule has 1 heterocycles. The minimum atomic E-state index is -1.19. The predicted molar refractivity (Wildman–Crippen MR) is 65.7 cm³/mol. The molecule has 1 aromatic heterocycles. The number of carboxylic acids is 1. The van der Waals surface area contributed by atoms with Gasteiger partial charge in [-0.1, -0.05) is 6.07 Å². The summed E-state index contributed by atoms with van der Waals surface area (Å²) in [5, 5.41) is 8.74. The van der Waals surface area contributed by atoms with E-state index < -0.39 is 17.5 Å². The van der Waals surface area contributed by atoms with Gasteiger partial charge >= 0.3 is 11.7 Å². The van der Waals surface area contributed by atoms with Crippen molar-refractivity contribution in [3.05, 3.63) is 63.6 Å². The number of hydrogen-bond donors (Lipinski definition) is 1. The van der Waals surface area contributed by atoms with Crippen LogP contribution in [0.3, 0.4) is 0 Å². The van der Waals surface area contributed by atoms with Crippen LogP contribution in [0, 0.1) is 12.7 Å². The Kier molecular flexibility index (Phi) is 3.41. The van der Waals surface area contributed by atoms with Crippen LogP contribution in [0.25, 0.3) is 0 Å². The lowest BCUT2D eigenvalue weighted by Crippen LogP contribution is -2.23. The molecule has 0 fully saturated rings. The van der Waals surface area contributed by atoms with E-state index in [1.54, 1.807) is 13.1 Å². The zero-order chi connectivity index (χ0) is 14.0. The van der Waals surface area contributed by atoms with E-state index in [9.17, 15) is 14.0 Å². The molecule has 1 N–H and O–H groups in total. The van der Waals surface area contributed by atoms with Crippen LogP contribution in [0.1, 0.15) is 21.5 Å². The molecule has 0 aliphatic carbocycles. The maximum absolute atomic E-state index is 13.7. The Morgan fingerprint density at radius 2 is 2.21 bits per heavy atom. The van der Waals surface area contributed by atoms with Crippen LogP contribution < -0.4 is 5.69 Å². The maximum Gasteiger partial charge on any atom is 0.347 e. The molecule has 2 aromatic rings. The van der Waals surface area contributed by atoms with Gasteiger partial charge in [0.05, 0.1) is 12.1 Å². The molecule has 0 aliphatic heterocycles. The molecule has 0 atom stereocenters. The van der Waals surface area contributed by atoms with E-state index in [4.69, 9.17) is 5.11 Å². The second-order valence-corrected chi connectivity index (χ2v) is 4.15. The Labute approximate surface area is 108 Å². The lowest BCUT2D eigenvalue weighted by atomic mass is 10.1. The van der Waals surface area contributed by atoms with Gasteiger partial charge < -0.3 is 5.11 Å². The highest BCUT2D eigenvalue weighted by Crippen LogP contribution is 2.11. The number of aromatic nitrogens is 2. The first-order valence-electron chi connectivity index (χ1n) is 5.52. The molecule has 0 saturated carbocycles. The van der Waals surface area contributed by atoms with Gasteiger partial charge in [0.25, 0.3) is 0 Å². The summed E-state index contributed by atoms with van der Waals surface area (Å²) in [5.74, 6) is -1.85. The van der Waals surface area contributed by atoms with Crippen molar-refractivity contribution in [3.8, 4) is 0 Å². The Balaban J connectivity index is 2.36. The van der Waals surface area contributed by atoms with Gasteiger partial charge in [-0.25, -0.2) is 19.0 Å². The number of hydrogen-bond acceptors (Lipinski definition) is 3. The molecule has 0 spiro atoms. The molecule has 0 unspecified atom stereocenters. The molecule has 1 aromatic carbocycles. The molecule has 0 amide bonds. The standard InChI is InChI=1S/C13H11FN2O3/c1-8-5-15-13(19)16(6-8)7-10-3-2-9(12(17)18)4-11(10)14/h2-6H,7H2,1H3,(H,17,18). The van der Waals surface area contributed by atoms with Gasteiger partial charge in [0.1, 0.15) is 5.82 Å². The average molecular weight is 262 g/mol. The number of benzene rings is 1. The summed E-state index contributed by atoms with van der Waals surface area (Å²) >= 11 is 0. The van der Waals surface area contributed by atoms with E-state index in [2.05, 4.69) is 4.98 Å². The quantitative estimate of drug-likeness (QED) is 0.908. The zero-order valence-electron chi connectivity index (χ0n) is 10.1. The van der Waals surface area contributed by atoms with Gasteiger partial charge in [0.2, 0.25) is 0 Å². The fourth-order valence-corrected chi connectivity index (χ4v) is 1.67. The summed E-state index contributed by atoms with van der Waals surface area (Å²) in [6.45, 7) is 1.78. The van der Waals surface area contributed by atoms with Crippen LogP contribution in [0.2, 0.25) is 0 Å². The van der Waals surface area contributed by atoms with Gasteiger partial charge in [-0.3, -0.25) is 4.57 Å². The smallest absolute Gasteiger partial charge is 0.347 e. The van der Waals surface area contributed by atoms with Crippen LogP contribution in [0.4, 0.5) is 4.39 Å². The second-order valence-electron chi connectivity index (χ2n) is 4.15. The number of aromatic carboxylic acids is 1. The highest BCUT2D eigenvalue weighted by atomic mass is 19.1. The van der Waals surface area contributed by atoms with Crippen molar-refractivity contribution in [2.75, 3.05) is 0 Å². The molecule has 5 nitrogen and oxygen atoms in total. The van der Waals surface area contributed by atoms with E-state index in [-0.39, 0.29) is 17.7 Å². The zero-order valence-corrected chi connectivity index (χ0v) is 10.1. The highest BCUT2D eigenvalue weighted by Gasteiger charge is 2.09. The molecular weight excluding hydrogens is 251 g/mol. The average Bonchev–Trinajstić information content (AvgIpc) is 2.36. The van der Waals surface area contributed by atoms with Crippen LogP contribution in [0.15, 0.2) is 35.4 Å². The Morgan fingerprint density at radius 1 is 1.47 bits per heavy atom. The van der Waals surface area contributed by atoms with Gasteiger partial charge in [-0.2, -0.15) is 0 Å². The van der Waals surface area contributed by atoms with E-state index >= 15 is 0 Å². The molecule has 19 heavy (non-hydrogen) atoms. The topological polar surface area (TPSA) is 72.2 Å². The van der Waals surface area contributed by atoms with Gasteiger partial charge in [-0.15, -0.1) is 0 Å². The minimum absolute atomic E-state index is 0.0131. The third-order valence-electron chi connectivity index (χ3n) is 2.62.